The lowest BCUT2D eigenvalue weighted by molar-refractivity contribution is 0.509. The molecular weight excluding hydrogens is 194 g/mol. The van der Waals surface area contributed by atoms with Crippen molar-refractivity contribution < 1.29 is 0 Å². The maximum atomic E-state index is 6.16. The normalized spacial score (nSPS) is 14.2. The number of hydrogen-bond acceptors (Lipinski definition) is 1. The number of nitrogens with two attached hydrogens (primary N) is 1. The second-order valence-corrected chi connectivity index (χ2v) is 6.11. The number of rotatable bonds is 3. The predicted octanol–water partition coefficient (Wildman–Crippen LogP) is 4.03. The molecule has 1 atom stereocenters. The van der Waals surface area contributed by atoms with Crippen molar-refractivity contribution in [3.63, 3.8) is 0 Å². The van der Waals surface area contributed by atoms with Gasteiger partial charge in [-0.15, -0.1) is 0 Å². The van der Waals surface area contributed by atoms with Gasteiger partial charge in [0.15, 0.2) is 0 Å². The molecule has 0 amide bonds. The summed E-state index contributed by atoms with van der Waals surface area (Å²) in [5.41, 5.74) is 9.00. The molecule has 1 heteroatoms. The van der Waals surface area contributed by atoms with Crippen molar-refractivity contribution in [1.82, 2.24) is 0 Å². The van der Waals surface area contributed by atoms with E-state index in [1.54, 1.807) is 0 Å². The molecule has 0 aliphatic carbocycles. The minimum atomic E-state index is 0.175. The van der Waals surface area contributed by atoms with Gasteiger partial charge in [0.25, 0.3) is 0 Å². The molecule has 0 heterocycles. The third kappa shape index (κ3) is 3.64. The van der Waals surface area contributed by atoms with Gasteiger partial charge in [-0.3, -0.25) is 0 Å². The molecule has 90 valence electrons. The molecule has 16 heavy (non-hydrogen) atoms. The Kier molecular flexibility index (Phi) is 4.15. The summed E-state index contributed by atoms with van der Waals surface area (Å²) in [5.74, 6) is 0.650. The molecule has 0 radical (unpaired) electrons. The molecule has 1 nitrogen and oxygen atoms in total. The zero-order chi connectivity index (χ0) is 12.3. The van der Waals surface area contributed by atoms with E-state index < -0.39 is 0 Å². The van der Waals surface area contributed by atoms with E-state index >= 15 is 0 Å². The van der Waals surface area contributed by atoms with Crippen LogP contribution in [0.2, 0.25) is 0 Å². The number of hydrogen-bond donors (Lipinski definition) is 1. The highest BCUT2D eigenvalue weighted by Crippen LogP contribution is 2.25. The molecule has 1 rings (SSSR count). The third-order valence-corrected chi connectivity index (χ3v) is 2.93. The van der Waals surface area contributed by atoms with Gasteiger partial charge in [-0.25, -0.2) is 0 Å². The topological polar surface area (TPSA) is 26.0 Å². The highest BCUT2D eigenvalue weighted by molar-refractivity contribution is 5.29. The molecule has 0 fully saturated rings. The first kappa shape index (κ1) is 13.2. The van der Waals surface area contributed by atoms with E-state index in [2.05, 4.69) is 58.9 Å². The van der Waals surface area contributed by atoms with Crippen LogP contribution in [0.1, 0.15) is 58.2 Å². The van der Waals surface area contributed by atoms with Crippen LogP contribution in [0.5, 0.6) is 0 Å². The summed E-state index contributed by atoms with van der Waals surface area (Å²) in [6, 6.07) is 8.93. The molecule has 0 saturated heterocycles. The van der Waals surface area contributed by atoms with Gasteiger partial charge in [-0.2, -0.15) is 0 Å². The molecular formula is C15H25N. The fourth-order valence-electron chi connectivity index (χ4n) is 1.87. The Hall–Kier alpha value is -0.820. The minimum absolute atomic E-state index is 0.175. The second-order valence-electron chi connectivity index (χ2n) is 6.11. The Morgan fingerprint density at radius 2 is 1.56 bits per heavy atom. The molecule has 0 aromatic heterocycles. The van der Waals surface area contributed by atoms with E-state index in [0.29, 0.717) is 5.92 Å². The first-order valence-corrected chi connectivity index (χ1v) is 6.16. The molecule has 0 aliphatic rings. The van der Waals surface area contributed by atoms with Gasteiger partial charge in [-0.05, 0) is 28.9 Å². The van der Waals surface area contributed by atoms with E-state index in [4.69, 9.17) is 5.73 Å². The highest BCUT2D eigenvalue weighted by Gasteiger charge is 2.14. The van der Waals surface area contributed by atoms with Crippen LogP contribution in [-0.2, 0) is 5.41 Å². The Morgan fingerprint density at radius 3 is 1.94 bits per heavy atom. The van der Waals surface area contributed by atoms with Gasteiger partial charge in [0, 0.05) is 6.04 Å². The smallest absolute Gasteiger partial charge is 0.0297 e. The first-order valence-electron chi connectivity index (χ1n) is 6.16. The second kappa shape index (κ2) is 5.01. The van der Waals surface area contributed by atoms with Crippen LogP contribution < -0.4 is 5.73 Å². The molecule has 0 bridgehead atoms. The summed E-state index contributed by atoms with van der Waals surface area (Å²) >= 11 is 0. The molecule has 1 aromatic carbocycles. The molecule has 0 saturated carbocycles. The van der Waals surface area contributed by atoms with Crippen molar-refractivity contribution in [1.29, 1.82) is 0 Å². The summed E-state index contributed by atoms with van der Waals surface area (Å²) in [6.07, 6.45) is 1.05. The Balaban J connectivity index is 2.79. The highest BCUT2D eigenvalue weighted by atomic mass is 14.6. The zero-order valence-electron chi connectivity index (χ0n) is 11.2. The maximum Gasteiger partial charge on any atom is 0.0297 e. The van der Waals surface area contributed by atoms with Gasteiger partial charge < -0.3 is 5.73 Å². The molecule has 1 aromatic rings. The van der Waals surface area contributed by atoms with Crippen LogP contribution in [0.3, 0.4) is 0 Å². The number of benzene rings is 1. The van der Waals surface area contributed by atoms with Crippen molar-refractivity contribution in [3.05, 3.63) is 35.4 Å². The van der Waals surface area contributed by atoms with E-state index in [0.717, 1.165) is 6.42 Å². The predicted molar refractivity (Wildman–Crippen MR) is 71.5 cm³/mol. The van der Waals surface area contributed by atoms with Crippen LogP contribution in [0.4, 0.5) is 0 Å². The van der Waals surface area contributed by atoms with Gasteiger partial charge in [0.1, 0.15) is 0 Å². The van der Waals surface area contributed by atoms with Crippen LogP contribution in [0.15, 0.2) is 24.3 Å². The zero-order valence-corrected chi connectivity index (χ0v) is 11.2. The SMILES string of the molecule is CC(C)C[C@H](N)c1ccc(C(C)(C)C)cc1. The molecule has 2 N–H and O–H groups in total. The van der Waals surface area contributed by atoms with E-state index in [-0.39, 0.29) is 11.5 Å². The summed E-state index contributed by atoms with van der Waals surface area (Å²) in [4.78, 5) is 0. The fourth-order valence-corrected chi connectivity index (χ4v) is 1.87. The van der Waals surface area contributed by atoms with E-state index in [9.17, 15) is 0 Å². The average Bonchev–Trinajstić information content (AvgIpc) is 2.15. The summed E-state index contributed by atoms with van der Waals surface area (Å²) < 4.78 is 0. The lowest BCUT2D eigenvalue weighted by atomic mass is 9.86. The summed E-state index contributed by atoms with van der Waals surface area (Å²) in [6.45, 7) is 11.1. The van der Waals surface area contributed by atoms with Crippen molar-refractivity contribution in [2.24, 2.45) is 11.7 Å². The molecule has 0 aliphatic heterocycles. The van der Waals surface area contributed by atoms with Crippen LogP contribution >= 0.6 is 0 Å². The van der Waals surface area contributed by atoms with Crippen LogP contribution in [0, 0.1) is 5.92 Å². The van der Waals surface area contributed by atoms with Crippen molar-refractivity contribution in [2.45, 2.75) is 52.5 Å². The van der Waals surface area contributed by atoms with Crippen molar-refractivity contribution >= 4 is 0 Å². The standard InChI is InChI=1S/C15H25N/c1-11(2)10-14(16)12-6-8-13(9-7-12)15(3,4)5/h6-9,11,14H,10,16H2,1-5H3/t14-/m0/s1. The molecule has 0 spiro atoms. The Labute approximate surface area is 100 Å². The fraction of sp³-hybridized carbons (Fsp3) is 0.600. The van der Waals surface area contributed by atoms with Crippen molar-refractivity contribution in [3.8, 4) is 0 Å². The lowest BCUT2D eigenvalue weighted by Gasteiger charge is -2.20. The molecule has 0 unspecified atom stereocenters. The quantitative estimate of drug-likeness (QED) is 0.816. The van der Waals surface area contributed by atoms with Gasteiger partial charge >= 0.3 is 0 Å². The van der Waals surface area contributed by atoms with Gasteiger partial charge in [-0.1, -0.05) is 58.9 Å². The largest absolute Gasteiger partial charge is 0.324 e. The average molecular weight is 219 g/mol. The summed E-state index contributed by atoms with van der Waals surface area (Å²) in [7, 11) is 0. The summed E-state index contributed by atoms with van der Waals surface area (Å²) in [5, 5.41) is 0. The lowest BCUT2D eigenvalue weighted by Crippen LogP contribution is -2.14. The van der Waals surface area contributed by atoms with E-state index in [1.807, 2.05) is 0 Å². The Bertz CT molecular complexity index is 316. The minimum Gasteiger partial charge on any atom is -0.324 e. The third-order valence-electron chi connectivity index (χ3n) is 2.93. The Morgan fingerprint density at radius 1 is 1.06 bits per heavy atom. The monoisotopic (exact) mass is 219 g/mol. The van der Waals surface area contributed by atoms with Crippen molar-refractivity contribution in [2.75, 3.05) is 0 Å². The van der Waals surface area contributed by atoms with Gasteiger partial charge in [0.2, 0.25) is 0 Å². The van der Waals surface area contributed by atoms with Crippen LogP contribution in [-0.4, -0.2) is 0 Å². The first-order chi connectivity index (χ1) is 7.30. The van der Waals surface area contributed by atoms with E-state index in [1.165, 1.54) is 11.1 Å². The van der Waals surface area contributed by atoms with Crippen LogP contribution in [0.25, 0.3) is 0 Å². The maximum absolute atomic E-state index is 6.16. The van der Waals surface area contributed by atoms with Gasteiger partial charge in [0.05, 0.1) is 0 Å².